The van der Waals surface area contributed by atoms with Crippen LogP contribution < -0.4 is 0 Å². The van der Waals surface area contributed by atoms with Crippen LogP contribution in [0.15, 0.2) is 22.6 Å². The van der Waals surface area contributed by atoms with Crippen molar-refractivity contribution in [3.63, 3.8) is 0 Å². The van der Waals surface area contributed by atoms with Gasteiger partial charge in [-0.25, -0.2) is 0 Å². The first-order chi connectivity index (χ1) is 6.40. The van der Waals surface area contributed by atoms with Crippen LogP contribution in [0.3, 0.4) is 0 Å². The van der Waals surface area contributed by atoms with E-state index < -0.39 is 0 Å². The highest BCUT2D eigenvalue weighted by Gasteiger charge is 2.22. The molecule has 80 valence electrons. The molecule has 0 bridgehead atoms. The molecule has 0 spiro atoms. The molecule has 0 atom stereocenters. The molecular weight excluding hydrogens is 176 g/mol. The van der Waals surface area contributed by atoms with Gasteiger partial charge in [-0.2, -0.15) is 0 Å². The van der Waals surface area contributed by atoms with Crippen molar-refractivity contribution in [1.29, 1.82) is 0 Å². The Morgan fingerprint density at radius 1 is 1.14 bits per heavy atom. The maximum atomic E-state index is 3.96. The Balaban J connectivity index is 2.43. The average Bonchev–Trinajstić information content (AvgIpc) is 2.33. The van der Waals surface area contributed by atoms with E-state index in [1.54, 1.807) is 0 Å². The first-order valence-electron chi connectivity index (χ1n) is 4.95. The number of nitrogens with zero attached hydrogens (tertiary/aromatic N) is 4. The Kier molecular flexibility index (Phi) is 3.13. The van der Waals surface area contributed by atoms with Gasteiger partial charge in [-0.05, 0) is 5.41 Å². The van der Waals surface area contributed by atoms with Gasteiger partial charge in [0, 0.05) is 20.5 Å². The van der Waals surface area contributed by atoms with Crippen molar-refractivity contribution < 1.29 is 0 Å². The molecule has 4 heteroatoms. The summed E-state index contributed by atoms with van der Waals surface area (Å²) in [4.78, 5) is 0. The van der Waals surface area contributed by atoms with Gasteiger partial charge < -0.3 is 0 Å². The fraction of sp³-hybridized carbons (Fsp3) is 0.800. The van der Waals surface area contributed by atoms with Crippen LogP contribution in [0.1, 0.15) is 27.2 Å². The minimum atomic E-state index is 0.254. The standard InChI is InChI=1S/C10H20N4/c1-10(2,3)8-6-7-9-13(4)11-12-14(9)5/h6,8-9H,7H2,1-5H3/b8-6+. The summed E-state index contributed by atoms with van der Waals surface area (Å²) in [7, 11) is 3.89. The Labute approximate surface area is 86.2 Å². The van der Waals surface area contributed by atoms with Crippen molar-refractivity contribution in [1.82, 2.24) is 10.0 Å². The lowest BCUT2D eigenvalue weighted by Crippen LogP contribution is -2.33. The largest absolute Gasteiger partial charge is 0.256 e. The molecule has 0 N–H and O–H groups in total. The molecule has 0 unspecified atom stereocenters. The van der Waals surface area contributed by atoms with Crippen LogP contribution in [0.4, 0.5) is 0 Å². The van der Waals surface area contributed by atoms with Crippen molar-refractivity contribution in [2.24, 2.45) is 15.9 Å². The maximum absolute atomic E-state index is 3.96. The van der Waals surface area contributed by atoms with Crippen LogP contribution in [0.5, 0.6) is 0 Å². The molecule has 0 aliphatic carbocycles. The van der Waals surface area contributed by atoms with Gasteiger partial charge >= 0.3 is 0 Å². The summed E-state index contributed by atoms with van der Waals surface area (Å²) >= 11 is 0. The lowest BCUT2D eigenvalue weighted by atomic mass is 9.96. The molecule has 0 fully saturated rings. The molecule has 1 rings (SSSR count). The van der Waals surface area contributed by atoms with Gasteiger partial charge in [0.25, 0.3) is 0 Å². The lowest BCUT2D eigenvalue weighted by Gasteiger charge is -2.21. The van der Waals surface area contributed by atoms with Crippen molar-refractivity contribution in [3.8, 4) is 0 Å². The van der Waals surface area contributed by atoms with Gasteiger partial charge in [-0.3, -0.25) is 10.0 Å². The van der Waals surface area contributed by atoms with E-state index >= 15 is 0 Å². The number of rotatable bonds is 2. The molecule has 0 saturated heterocycles. The van der Waals surface area contributed by atoms with Crippen molar-refractivity contribution in [2.75, 3.05) is 14.1 Å². The first-order valence-corrected chi connectivity index (χ1v) is 4.95. The number of allylic oxidation sites excluding steroid dienone is 1. The zero-order valence-electron chi connectivity index (χ0n) is 9.73. The van der Waals surface area contributed by atoms with Crippen molar-refractivity contribution in [2.45, 2.75) is 33.4 Å². The summed E-state index contributed by atoms with van der Waals surface area (Å²) in [5, 5.41) is 11.7. The number of hydrogen-bond acceptors (Lipinski definition) is 4. The molecule has 1 heterocycles. The second-order valence-electron chi connectivity index (χ2n) is 4.81. The van der Waals surface area contributed by atoms with E-state index in [1.165, 1.54) is 0 Å². The molecular formula is C10H20N4. The van der Waals surface area contributed by atoms with Crippen molar-refractivity contribution >= 4 is 0 Å². The quantitative estimate of drug-likeness (QED) is 0.635. The molecule has 0 saturated carbocycles. The van der Waals surface area contributed by atoms with E-state index in [-0.39, 0.29) is 11.6 Å². The summed E-state index contributed by atoms with van der Waals surface area (Å²) < 4.78 is 0. The van der Waals surface area contributed by atoms with Gasteiger partial charge in [0.15, 0.2) is 0 Å². The van der Waals surface area contributed by atoms with Gasteiger partial charge in [-0.15, -0.1) is 0 Å². The third-order valence-corrected chi connectivity index (χ3v) is 2.15. The van der Waals surface area contributed by atoms with E-state index in [9.17, 15) is 0 Å². The Bertz CT molecular complexity index is 227. The molecule has 1 aliphatic rings. The van der Waals surface area contributed by atoms with E-state index in [0.29, 0.717) is 0 Å². The van der Waals surface area contributed by atoms with Crippen LogP contribution in [0.25, 0.3) is 0 Å². The van der Waals surface area contributed by atoms with E-state index in [2.05, 4.69) is 43.4 Å². The molecule has 4 nitrogen and oxygen atoms in total. The topological polar surface area (TPSA) is 31.2 Å². The second-order valence-corrected chi connectivity index (χ2v) is 4.81. The molecule has 0 aromatic carbocycles. The summed E-state index contributed by atoms with van der Waals surface area (Å²) in [6, 6.07) is 0. The highest BCUT2D eigenvalue weighted by atomic mass is 15.8. The zero-order valence-corrected chi connectivity index (χ0v) is 9.73. The van der Waals surface area contributed by atoms with Crippen LogP contribution in [0, 0.1) is 5.41 Å². The van der Waals surface area contributed by atoms with Crippen LogP contribution >= 0.6 is 0 Å². The summed E-state index contributed by atoms with van der Waals surface area (Å²) in [6.07, 6.45) is 5.66. The first kappa shape index (κ1) is 11.0. The smallest absolute Gasteiger partial charge is 0.140 e. The fourth-order valence-corrected chi connectivity index (χ4v) is 1.34. The Hall–Kier alpha value is -1.06. The van der Waals surface area contributed by atoms with Crippen molar-refractivity contribution in [3.05, 3.63) is 12.2 Å². The molecule has 14 heavy (non-hydrogen) atoms. The predicted molar refractivity (Wildman–Crippen MR) is 57.4 cm³/mol. The molecule has 0 radical (unpaired) electrons. The predicted octanol–water partition coefficient (Wildman–Crippen LogP) is 2.46. The third kappa shape index (κ3) is 3.01. The van der Waals surface area contributed by atoms with Crippen LogP contribution in [-0.4, -0.2) is 30.3 Å². The molecule has 0 amide bonds. The van der Waals surface area contributed by atoms with Crippen LogP contribution in [0.2, 0.25) is 0 Å². The molecule has 1 aliphatic heterocycles. The number of hydrogen-bond donors (Lipinski definition) is 0. The second kappa shape index (κ2) is 3.98. The van der Waals surface area contributed by atoms with Gasteiger partial charge in [0.1, 0.15) is 6.17 Å². The Morgan fingerprint density at radius 3 is 2.07 bits per heavy atom. The van der Waals surface area contributed by atoms with Gasteiger partial charge in [0.2, 0.25) is 0 Å². The molecule has 0 aromatic heterocycles. The summed E-state index contributed by atoms with van der Waals surface area (Å²) in [6.45, 7) is 6.58. The highest BCUT2D eigenvalue weighted by Crippen LogP contribution is 2.19. The summed E-state index contributed by atoms with van der Waals surface area (Å²) in [5.41, 5.74) is 0.254. The van der Waals surface area contributed by atoms with E-state index in [0.717, 1.165) is 6.42 Å². The van der Waals surface area contributed by atoms with Gasteiger partial charge in [-0.1, -0.05) is 43.4 Å². The molecule has 0 aromatic rings. The zero-order chi connectivity index (χ0) is 10.8. The SMILES string of the molecule is CN1N=NN(C)C1C/C=C/C(C)(C)C. The summed E-state index contributed by atoms with van der Waals surface area (Å²) in [5.74, 6) is 0. The Morgan fingerprint density at radius 2 is 1.64 bits per heavy atom. The minimum Gasteiger partial charge on any atom is -0.256 e. The highest BCUT2D eigenvalue weighted by molar-refractivity contribution is 4.94. The maximum Gasteiger partial charge on any atom is 0.140 e. The lowest BCUT2D eigenvalue weighted by molar-refractivity contribution is 0.158. The average molecular weight is 196 g/mol. The normalized spacial score (nSPS) is 18.9. The monoisotopic (exact) mass is 196 g/mol. The van der Waals surface area contributed by atoms with Crippen LogP contribution in [-0.2, 0) is 0 Å². The third-order valence-electron chi connectivity index (χ3n) is 2.15. The minimum absolute atomic E-state index is 0.254. The van der Waals surface area contributed by atoms with E-state index in [1.807, 2.05) is 24.1 Å². The van der Waals surface area contributed by atoms with E-state index in [4.69, 9.17) is 0 Å². The fourth-order valence-electron chi connectivity index (χ4n) is 1.34. The van der Waals surface area contributed by atoms with Gasteiger partial charge in [0.05, 0.1) is 0 Å².